The number of fused-ring (bicyclic) bond motifs is 3. The van der Waals surface area contributed by atoms with Crippen molar-refractivity contribution in [3.63, 3.8) is 0 Å². The Balaban J connectivity index is 1.93. The number of aryl methyl sites for hydroxylation is 1. The van der Waals surface area contributed by atoms with Crippen LogP contribution in [0, 0.1) is 0 Å². The number of aromatic nitrogens is 3. The van der Waals surface area contributed by atoms with Gasteiger partial charge in [-0.1, -0.05) is 29.3 Å². The molecule has 5 rings (SSSR count). The summed E-state index contributed by atoms with van der Waals surface area (Å²) in [6.07, 6.45) is -0.622. The first-order chi connectivity index (χ1) is 16.2. The minimum atomic E-state index is -0.622. The number of aromatic hydroxyl groups is 1. The third-order valence-electron chi connectivity index (χ3n) is 6.25. The lowest BCUT2D eigenvalue weighted by Crippen LogP contribution is -2.37. The van der Waals surface area contributed by atoms with Gasteiger partial charge < -0.3 is 19.1 Å². The summed E-state index contributed by atoms with van der Waals surface area (Å²) in [5.74, 6) is 0.289. The SMILES string of the molecule is COc1cc([C@H]2OCCn3c(-c4ccc(Cl)cc4Cl)c4c(=O)n(C)c(=O)n(C)c4c32)ccc1O. The van der Waals surface area contributed by atoms with Crippen LogP contribution in [-0.4, -0.2) is 32.5 Å². The standard InChI is InChI=1S/C24H21Cl2N3O5/c1-27-20-18(23(31)28(2)24(27)32)19(14-6-5-13(25)11-15(14)26)29-8-9-34-22(21(20)29)12-4-7-16(30)17(10-12)33-3/h4-7,10-11,22,30H,8-9H2,1-3H3/t22-/m1/s1. The largest absolute Gasteiger partial charge is 0.504 e. The molecule has 0 bridgehead atoms. The molecule has 2 aromatic heterocycles. The van der Waals surface area contributed by atoms with E-state index in [-0.39, 0.29) is 5.75 Å². The van der Waals surface area contributed by atoms with E-state index in [9.17, 15) is 14.7 Å². The number of benzene rings is 2. The molecule has 34 heavy (non-hydrogen) atoms. The maximum Gasteiger partial charge on any atom is 0.331 e. The van der Waals surface area contributed by atoms with Crippen LogP contribution in [0.25, 0.3) is 22.2 Å². The van der Waals surface area contributed by atoms with E-state index < -0.39 is 17.4 Å². The summed E-state index contributed by atoms with van der Waals surface area (Å²) < 4.78 is 16.0. The van der Waals surface area contributed by atoms with Gasteiger partial charge in [0.1, 0.15) is 6.10 Å². The highest BCUT2D eigenvalue weighted by Crippen LogP contribution is 2.43. The fourth-order valence-corrected chi connectivity index (χ4v) is 5.15. The van der Waals surface area contributed by atoms with Gasteiger partial charge in [-0.15, -0.1) is 0 Å². The summed E-state index contributed by atoms with van der Waals surface area (Å²) in [7, 11) is 4.54. The van der Waals surface area contributed by atoms with Crippen molar-refractivity contribution in [2.24, 2.45) is 14.1 Å². The van der Waals surface area contributed by atoms with Gasteiger partial charge >= 0.3 is 5.69 Å². The molecule has 1 N–H and O–H groups in total. The highest BCUT2D eigenvalue weighted by molar-refractivity contribution is 6.36. The van der Waals surface area contributed by atoms with Crippen molar-refractivity contribution in [1.82, 2.24) is 13.7 Å². The van der Waals surface area contributed by atoms with Crippen LogP contribution in [0.3, 0.4) is 0 Å². The summed E-state index contributed by atoms with van der Waals surface area (Å²) in [6.45, 7) is 0.801. The number of nitrogens with zero attached hydrogens (tertiary/aromatic N) is 3. The van der Waals surface area contributed by atoms with Crippen molar-refractivity contribution in [2.75, 3.05) is 13.7 Å². The van der Waals surface area contributed by atoms with Gasteiger partial charge in [-0.25, -0.2) is 4.79 Å². The van der Waals surface area contributed by atoms with Crippen LogP contribution < -0.4 is 16.0 Å². The summed E-state index contributed by atoms with van der Waals surface area (Å²) in [5.41, 5.74) is 2.16. The van der Waals surface area contributed by atoms with E-state index in [2.05, 4.69) is 0 Å². The molecule has 3 heterocycles. The van der Waals surface area contributed by atoms with E-state index >= 15 is 0 Å². The minimum Gasteiger partial charge on any atom is -0.504 e. The van der Waals surface area contributed by atoms with Crippen LogP contribution >= 0.6 is 23.2 Å². The fraction of sp³-hybridized carbons (Fsp3) is 0.250. The molecule has 0 fully saturated rings. The Hall–Kier alpha value is -3.20. The molecular weight excluding hydrogens is 481 g/mol. The number of halogens is 2. The number of hydrogen-bond acceptors (Lipinski definition) is 5. The molecule has 0 radical (unpaired) electrons. The maximum atomic E-state index is 13.5. The maximum absolute atomic E-state index is 13.5. The van der Waals surface area contributed by atoms with Gasteiger partial charge in [-0.05, 0) is 35.9 Å². The van der Waals surface area contributed by atoms with Crippen LogP contribution in [0.15, 0.2) is 46.0 Å². The molecule has 4 aromatic rings. The number of ether oxygens (including phenoxy) is 2. The molecule has 8 nitrogen and oxygen atoms in total. The predicted molar refractivity (Wildman–Crippen MR) is 130 cm³/mol. The molecule has 0 amide bonds. The van der Waals surface area contributed by atoms with E-state index in [1.165, 1.54) is 24.8 Å². The van der Waals surface area contributed by atoms with Crippen LogP contribution in [0.1, 0.15) is 17.4 Å². The third kappa shape index (κ3) is 3.25. The van der Waals surface area contributed by atoms with Crippen molar-refractivity contribution in [1.29, 1.82) is 0 Å². The molecule has 0 unspecified atom stereocenters. The normalized spacial score (nSPS) is 15.5. The quantitative estimate of drug-likeness (QED) is 0.460. The van der Waals surface area contributed by atoms with Gasteiger partial charge in [0.15, 0.2) is 11.5 Å². The van der Waals surface area contributed by atoms with Crippen molar-refractivity contribution < 1.29 is 14.6 Å². The second kappa shape index (κ2) is 8.23. The molecule has 0 saturated heterocycles. The Bertz CT molecular complexity index is 1580. The van der Waals surface area contributed by atoms with Crippen molar-refractivity contribution in [3.8, 4) is 22.8 Å². The predicted octanol–water partition coefficient (Wildman–Crippen LogP) is 3.85. The van der Waals surface area contributed by atoms with E-state index in [0.29, 0.717) is 62.4 Å². The first-order valence-corrected chi connectivity index (χ1v) is 11.3. The summed E-state index contributed by atoms with van der Waals surface area (Å²) in [4.78, 5) is 26.4. The number of hydrogen-bond donors (Lipinski definition) is 1. The molecule has 1 aliphatic rings. The lowest BCUT2D eigenvalue weighted by Gasteiger charge is -2.28. The highest BCUT2D eigenvalue weighted by Gasteiger charge is 2.34. The second-order valence-corrected chi connectivity index (χ2v) is 8.96. The number of phenolic OH excluding ortho intramolecular Hbond substituents is 1. The van der Waals surface area contributed by atoms with Gasteiger partial charge in [-0.2, -0.15) is 0 Å². The van der Waals surface area contributed by atoms with Crippen molar-refractivity contribution in [3.05, 3.63) is 78.5 Å². The second-order valence-electron chi connectivity index (χ2n) is 8.12. The fourth-order valence-electron chi connectivity index (χ4n) is 4.65. The van der Waals surface area contributed by atoms with E-state index in [0.717, 1.165) is 4.57 Å². The monoisotopic (exact) mass is 501 g/mol. The van der Waals surface area contributed by atoms with Gasteiger partial charge in [0.25, 0.3) is 5.56 Å². The molecule has 1 atom stereocenters. The first kappa shape index (κ1) is 22.6. The van der Waals surface area contributed by atoms with Gasteiger partial charge in [0, 0.05) is 31.2 Å². The molecule has 10 heteroatoms. The average Bonchev–Trinajstić information content (AvgIpc) is 3.17. The van der Waals surface area contributed by atoms with Crippen LogP contribution in [0.5, 0.6) is 11.5 Å². The van der Waals surface area contributed by atoms with E-state index in [1.807, 2.05) is 4.57 Å². The van der Waals surface area contributed by atoms with Crippen LogP contribution in [-0.2, 0) is 25.4 Å². The van der Waals surface area contributed by atoms with Crippen molar-refractivity contribution in [2.45, 2.75) is 12.6 Å². The Morgan fingerprint density at radius 1 is 1.09 bits per heavy atom. The Morgan fingerprint density at radius 3 is 2.56 bits per heavy atom. The Morgan fingerprint density at radius 2 is 1.85 bits per heavy atom. The summed E-state index contributed by atoms with van der Waals surface area (Å²) >= 11 is 12.7. The van der Waals surface area contributed by atoms with Gasteiger partial charge in [0.05, 0.1) is 41.0 Å². The molecule has 0 saturated carbocycles. The smallest absolute Gasteiger partial charge is 0.331 e. The van der Waals surface area contributed by atoms with Crippen LogP contribution in [0.4, 0.5) is 0 Å². The third-order valence-corrected chi connectivity index (χ3v) is 6.79. The molecule has 0 spiro atoms. The van der Waals surface area contributed by atoms with Crippen LogP contribution in [0.2, 0.25) is 10.0 Å². The summed E-state index contributed by atoms with van der Waals surface area (Å²) in [5, 5.41) is 11.3. The Kier molecular flexibility index (Phi) is 5.47. The van der Waals surface area contributed by atoms with E-state index in [1.54, 1.807) is 37.4 Å². The first-order valence-electron chi connectivity index (χ1n) is 10.5. The molecule has 176 valence electrons. The lowest BCUT2D eigenvalue weighted by molar-refractivity contribution is 0.0477. The number of rotatable bonds is 3. The topological polar surface area (TPSA) is 87.6 Å². The van der Waals surface area contributed by atoms with Gasteiger partial charge in [0.2, 0.25) is 0 Å². The van der Waals surface area contributed by atoms with Crippen molar-refractivity contribution >= 4 is 34.1 Å². The lowest BCUT2D eigenvalue weighted by atomic mass is 10.0. The molecular formula is C24H21Cl2N3O5. The molecule has 1 aliphatic heterocycles. The average molecular weight is 502 g/mol. The molecule has 0 aliphatic carbocycles. The Labute approximate surface area is 204 Å². The zero-order valence-electron chi connectivity index (χ0n) is 18.6. The minimum absolute atomic E-state index is 0.00259. The van der Waals surface area contributed by atoms with Gasteiger partial charge in [-0.3, -0.25) is 13.9 Å². The number of phenols is 1. The molecule has 2 aromatic carbocycles. The number of methoxy groups -OCH3 is 1. The zero-order chi connectivity index (χ0) is 24.3. The summed E-state index contributed by atoms with van der Waals surface area (Å²) in [6, 6.07) is 10.0. The highest BCUT2D eigenvalue weighted by atomic mass is 35.5. The van der Waals surface area contributed by atoms with E-state index in [4.69, 9.17) is 32.7 Å². The zero-order valence-corrected chi connectivity index (χ0v) is 20.1.